The number of hydrogen-bond donors (Lipinski definition) is 3. The summed E-state index contributed by atoms with van der Waals surface area (Å²) in [5.41, 5.74) is 0.465. The van der Waals surface area contributed by atoms with Crippen LogP contribution in [0.5, 0.6) is 11.5 Å². The second kappa shape index (κ2) is 5.72. The Bertz CT molecular complexity index is 1280. The molecule has 26 heavy (non-hydrogen) atoms. The molecule has 0 saturated heterocycles. The zero-order chi connectivity index (χ0) is 18.5. The number of benzene rings is 4. The van der Waals surface area contributed by atoms with Crippen LogP contribution < -0.4 is 0 Å². The van der Waals surface area contributed by atoms with Gasteiger partial charge < -0.3 is 10.2 Å². The third kappa shape index (κ3) is 2.47. The van der Waals surface area contributed by atoms with Crippen molar-refractivity contribution in [1.82, 2.24) is 0 Å². The molecule has 0 saturated carbocycles. The van der Waals surface area contributed by atoms with E-state index in [1.54, 1.807) is 42.5 Å². The highest BCUT2D eigenvalue weighted by atomic mass is 32.2. The van der Waals surface area contributed by atoms with E-state index >= 15 is 0 Å². The Kier molecular flexibility index (Phi) is 3.61. The Morgan fingerprint density at radius 2 is 1.27 bits per heavy atom. The van der Waals surface area contributed by atoms with E-state index in [1.165, 1.54) is 12.1 Å². The fraction of sp³-hybridized carbons (Fsp3) is 0. The zero-order valence-corrected chi connectivity index (χ0v) is 14.2. The van der Waals surface area contributed by atoms with Crippen molar-refractivity contribution in [2.45, 2.75) is 4.90 Å². The smallest absolute Gasteiger partial charge is 0.298 e. The van der Waals surface area contributed by atoms with Gasteiger partial charge >= 0.3 is 0 Å². The number of fused-ring (bicyclic) bond motifs is 2. The summed E-state index contributed by atoms with van der Waals surface area (Å²) in [5.74, 6) is -0.700. The largest absolute Gasteiger partial charge is 0.507 e. The van der Waals surface area contributed by atoms with Gasteiger partial charge in [0.1, 0.15) is 16.4 Å². The summed E-state index contributed by atoms with van der Waals surface area (Å²) in [7, 11) is -4.65. The molecule has 0 heterocycles. The first-order valence-corrected chi connectivity index (χ1v) is 9.25. The van der Waals surface area contributed by atoms with Crippen molar-refractivity contribution in [3.63, 3.8) is 0 Å². The van der Waals surface area contributed by atoms with Gasteiger partial charge in [-0.05, 0) is 33.7 Å². The van der Waals surface area contributed by atoms with Crippen LogP contribution in [0.3, 0.4) is 0 Å². The molecule has 0 aliphatic carbocycles. The van der Waals surface area contributed by atoms with Gasteiger partial charge in [-0.2, -0.15) is 8.42 Å². The maximum absolute atomic E-state index is 11.8. The highest BCUT2D eigenvalue weighted by Crippen LogP contribution is 2.46. The summed E-state index contributed by atoms with van der Waals surface area (Å²) in [5, 5.41) is 23.8. The van der Waals surface area contributed by atoms with Crippen molar-refractivity contribution in [1.29, 1.82) is 0 Å². The highest BCUT2D eigenvalue weighted by molar-refractivity contribution is 7.86. The normalized spacial score (nSPS) is 11.9. The molecule has 0 radical (unpaired) electrons. The lowest BCUT2D eigenvalue weighted by molar-refractivity contribution is 0.444. The minimum absolute atomic E-state index is 0.100. The van der Waals surface area contributed by atoms with Gasteiger partial charge in [-0.25, -0.2) is 0 Å². The summed E-state index contributed by atoms with van der Waals surface area (Å²) in [6.07, 6.45) is 0. The minimum Gasteiger partial charge on any atom is -0.507 e. The van der Waals surface area contributed by atoms with E-state index in [-0.39, 0.29) is 11.3 Å². The molecule has 4 aromatic rings. The first-order valence-electron chi connectivity index (χ1n) is 7.81. The molecule has 0 bridgehead atoms. The van der Waals surface area contributed by atoms with Crippen LogP contribution in [-0.4, -0.2) is 23.2 Å². The summed E-state index contributed by atoms with van der Waals surface area (Å²) < 4.78 is 33.1. The number of aromatic hydroxyl groups is 2. The average Bonchev–Trinajstić information content (AvgIpc) is 2.61. The molecule has 4 rings (SSSR count). The molecule has 0 fully saturated rings. The molecule has 0 aliphatic rings. The Morgan fingerprint density at radius 3 is 1.92 bits per heavy atom. The van der Waals surface area contributed by atoms with Crippen LogP contribution in [0.4, 0.5) is 0 Å². The lowest BCUT2D eigenvalue weighted by atomic mass is 9.92. The molecule has 0 amide bonds. The summed E-state index contributed by atoms with van der Waals surface area (Å²) >= 11 is 0. The Hall–Kier alpha value is -3.09. The molecule has 0 aliphatic heterocycles. The van der Waals surface area contributed by atoms with Crippen LogP contribution in [0.15, 0.2) is 71.6 Å². The van der Waals surface area contributed by atoms with E-state index in [2.05, 4.69) is 0 Å². The van der Waals surface area contributed by atoms with E-state index in [0.717, 1.165) is 5.39 Å². The van der Waals surface area contributed by atoms with Gasteiger partial charge in [0.05, 0.1) is 0 Å². The monoisotopic (exact) mass is 366 g/mol. The quantitative estimate of drug-likeness (QED) is 0.459. The van der Waals surface area contributed by atoms with Crippen molar-refractivity contribution in [2.75, 3.05) is 0 Å². The van der Waals surface area contributed by atoms with E-state index in [9.17, 15) is 23.2 Å². The van der Waals surface area contributed by atoms with E-state index < -0.39 is 20.8 Å². The van der Waals surface area contributed by atoms with Crippen molar-refractivity contribution >= 4 is 31.7 Å². The van der Waals surface area contributed by atoms with Crippen LogP contribution in [0.25, 0.3) is 32.7 Å². The average molecular weight is 366 g/mol. The highest BCUT2D eigenvalue weighted by Gasteiger charge is 2.24. The molecule has 5 nitrogen and oxygen atoms in total. The first kappa shape index (κ1) is 16.4. The van der Waals surface area contributed by atoms with Crippen LogP contribution in [0.1, 0.15) is 0 Å². The lowest BCUT2D eigenvalue weighted by Gasteiger charge is -2.16. The van der Waals surface area contributed by atoms with Crippen molar-refractivity contribution in [3.05, 3.63) is 66.7 Å². The van der Waals surface area contributed by atoms with Gasteiger partial charge in [-0.3, -0.25) is 4.55 Å². The Morgan fingerprint density at radius 1 is 0.692 bits per heavy atom. The van der Waals surface area contributed by atoms with Gasteiger partial charge in [-0.1, -0.05) is 54.6 Å². The Labute approximate surface area is 149 Å². The molecule has 0 atom stereocenters. The van der Waals surface area contributed by atoms with E-state index in [1.807, 2.05) is 12.1 Å². The standard InChI is InChI=1S/C20H14O5S/c21-16-10-9-12-5-1-3-7-14(12)18(16)19-15-8-4-2-6-13(15)11-17(20(19)22)26(23,24)25/h1-11,21-22H,(H,23,24,25). The fourth-order valence-corrected chi connectivity index (χ4v) is 3.91. The third-order valence-electron chi connectivity index (χ3n) is 4.42. The maximum atomic E-state index is 11.8. The molecule has 4 aromatic carbocycles. The van der Waals surface area contributed by atoms with Gasteiger partial charge in [0.15, 0.2) is 0 Å². The van der Waals surface area contributed by atoms with Gasteiger partial charge in [-0.15, -0.1) is 0 Å². The molecule has 6 heteroatoms. The van der Waals surface area contributed by atoms with Crippen molar-refractivity contribution in [2.24, 2.45) is 0 Å². The third-order valence-corrected chi connectivity index (χ3v) is 5.29. The maximum Gasteiger partial charge on any atom is 0.298 e. The van der Waals surface area contributed by atoms with Gasteiger partial charge in [0.25, 0.3) is 10.1 Å². The van der Waals surface area contributed by atoms with Crippen LogP contribution in [0, 0.1) is 0 Å². The summed E-state index contributed by atoms with van der Waals surface area (Å²) in [6, 6.07) is 18.6. The van der Waals surface area contributed by atoms with Gasteiger partial charge in [0, 0.05) is 11.1 Å². The number of phenolic OH excluding ortho intramolecular Hbond substituents is 2. The topological polar surface area (TPSA) is 94.8 Å². The summed E-state index contributed by atoms with van der Waals surface area (Å²) in [4.78, 5) is -0.599. The lowest BCUT2D eigenvalue weighted by Crippen LogP contribution is -2.00. The van der Waals surface area contributed by atoms with Crippen molar-refractivity contribution in [3.8, 4) is 22.6 Å². The fourth-order valence-electron chi connectivity index (χ4n) is 3.28. The molecule has 130 valence electrons. The minimum atomic E-state index is -4.65. The predicted octanol–water partition coefficient (Wildman–Crippen LogP) is 4.32. The molecule has 0 spiro atoms. The van der Waals surface area contributed by atoms with Crippen molar-refractivity contribution < 1.29 is 23.2 Å². The van der Waals surface area contributed by atoms with Gasteiger partial charge in [0.2, 0.25) is 0 Å². The molecular weight excluding hydrogens is 352 g/mol. The molecule has 0 aromatic heterocycles. The molecule has 3 N–H and O–H groups in total. The van der Waals surface area contributed by atoms with E-state index in [0.29, 0.717) is 21.7 Å². The second-order valence-electron chi connectivity index (χ2n) is 5.98. The zero-order valence-electron chi connectivity index (χ0n) is 13.4. The molecule has 0 unspecified atom stereocenters. The number of rotatable bonds is 2. The van der Waals surface area contributed by atoms with Crippen LogP contribution >= 0.6 is 0 Å². The Balaban J connectivity index is 2.27. The predicted molar refractivity (Wildman–Crippen MR) is 100 cm³/mol. The van der Waals surface area contributed by atoms with Crippen LogP contribution in [-0.2, 0) is 10.1 Å². The number of hydrogen-bond acceptors (Lipinski definition) is 4. The second-order valence-corrected chi connectivity index (χ2v) is 7.37. The summed E-state index contributed by atoms with van der Waals surface area (Å²) in [6.45, 7) is 0. The number of phenols is 2. The first-order chi connectivity index (χ1) is 12.4. The van der Waals surface area contributed by atoms with Crippen LogP contribution in [0.2, 0.25) is 0 Å². The molecular formula is C20H14O5S. The SMILES string of the molecule is O=S(=O)(O)c1cc2ccccc2c(-c2c(O)ccc3ccccc23)c1O. The van der Waals surface area contributed by atoms with E-state index in [4.69, 9.17) is 0 Å².